The van der Waals surface area contributed by atoms with Gasteiger partial charge in [0.25, 0.3) is 0 Å². The summed E-state index contributed by atoms with van der Waals surface area (Å²) in [5, 5.41) is 3.10. The van der Waals surface area contributed by atoms with Gasteiger partial charge in [-0.2, -0.15) is 0 Å². The van der Waals surface area contributed by atoms with Crippen molar-refractivity contribution in [3.63, 3.8) is 0 Å². The Bertz CT molecular complexity index is 589. The van der Waals surface area contributed by atoms with Gasteiger partial charge in [-0.1, -0.05) is 11.6 Å². The lowest BCUT2D eigenvalue weighted by atomic mass is 10.0. The Morgan fingerprint density at radius 2 is 2.10 bits per heavy atom. The van der Waals surface area contributed by atoms with E-state index in [4.69, 9.17) is 11.6 Å². The quantitative estimate of drug-likeness (QED) is 0.912. The van der Waals surface area contributed by atoms with Crippen LogP contribution < -0.4 is 5.32 Å². The smallest absolute Gasteiger partial charge is 0.248 e. The molecule has 2 rings (SSSR count). The predicted octanol–water partition coefficient (Wildman–Crippen LogP) is 2.49. The van der Waals surface area contributed by atoms with Gasteiger partial charge in [-0.3, -0.25) is 9.59 Å². The van der Waals surface area contributed by atoms with Gasteiger partial charge in [0.05, 0.1) is 0 Å². The third-order valence-electron chi connectivity index (χ3n) is 3.61. The summed E-state index contributed by atoms with van der Waals surface area (Å²) < 4.78 is 13.4. The third kappa shape index (κ3) is 3.35. The van der Waals surface area contributed by atoms with Gasteiger partial charge in [0.15, 0.2) is 0 Å². The maximum absolute atomic E-state index is 13.4. The zero-order chi connectivity index (χ0) is 15.8. The number of hydrogen-bond donors (Lipinski definition) is 1. The van der Waals surface area contributed by atoms with Crippen molar-refractivity contribution >= 4 is 23.4 Å². The van der Waals surface area contributed by atoms with E-state index in [2.05, 4.69) is 5.32 Å². The number of nitrogens with zero attached hydrogens (tertiary/aromatic N) is 1. The minimum atomic E-state index is -0.984. The van der Waals surface area contributed by atoms with Gasteiger partial charge in [0.1, 0.15) is 11.4 Å². The Morgan fingerprint density at radius 1 is 1.43 bits per heavy atom. The zero-order valence-electron chi connectivity index (χ0n) is 12.2. The Labute approximate surface area is 128 Å². The summed E-state index contributed by atoms with van der Waals surface area (Å²) in [5.74, 6) is -0.785. The molecule has 1 N–H and O–H groups in total. The molecule has 0 radical (unpaired) electrons. The number of carbonyl (C=O) groups is 2. The largest absolute Gasteiger partial charge is 0.342 e. The van der Waals surface area contributed by atoms with E-state index in [0.29, 0.717) is 10.6 Å². The summed E-state index contributed by atoms with van der Waals surface area (Å²) in [6.07, 6.45) is 0.210. The summed E-state index contributed by atoms with van der Waals surface area (Å²) in [5.41, 5.74) is -0.455. The van der Waals surface area contributed by atoms with E-state index in [-0.39, 0.29) is 30.8 Å². The van der Waals surface area contributed by atoms with Crippen LogP contribution in [0, 0.1) is 5.82 Å². The van der Waals surface area contributed by atoms with Gasteiger partial charge in [0, 0.05) is 24.0 Å². The first-order valence-electron chi connectivity index (χ1n) is 6.76. The van der Waals surface area contributed by atoms with Crippen molar-refractivity contribution in [1.82, 2.24) is 10.2 Å². The molecule has 2 amide bonds. The van der Waals surface area contributed by atoms with Crippen LogP contribution in [0.5, 0.6) is 0 Å². The van der Waals surface area contributed by atoms with E-state index >= 15 is 0 Å². The number of hydrogen-bond acceptors (Lipinski definition) is 2. The first kappa shape index (κ1) is 15.8. The van der Waals surface area contributed by atoms with Crippen LogP contribution in [0.3, 0.4) is 0 Å². The van der Waals surface area contributed by atoms with Gasteiger partial charge in [-0.15, -0.1) is 0 Å². The van der Waals surface area contributed by atoms with E-state index in [1.165, 1.54) is 18.2 Å². The standard InChI is InChI=1S/C15H18ClFN2O2/c1-9-6-13(20)18-15(2,3)14(21)19(9)8-10-7-11(17)4-5-12(10)16/h4-5,7,9H,6,8H2,1-3H3,(H,18,20). The van der Waals surface area contributed by atoms with Crippen molar-refractivity contribution in [3.8, 4) is 0 Å². The molecule has 0 aromatic heterocycles. The van der Waals surface area contributed by atoms with Crippen LogP contribution in [0.4, 0.5) is 4.39 Å². The molecule has 21 heavy (non-hydrogen) atoms. The van der Waals surface area contributed by atoms with Gasteiger partial charge >= 0.3 is 0 Å². The summed E-state index contributed by atoms with van der Waals surface area (Å²) in [7, 11) is 0. The highest BCUT2D eigenvalue weighted by Gasteiger charge is 2.39. The molecule has 0 spiro atoms. The van der Waals surface area contributed by atoms with Crippen molar-refractivity contribution in [3.05, 3.63) is 34.6 Å². The second-order valence-electron chi connectivity index (χ2n) is 5.90. The molecule has 1 saturated heterocycles. The molecule has 1 aliphatic heterocycles. The summed E-state index contributed by atoms with van der Waals surface area (Å²) in [6.45, 7) is 5.29. The minimum Gasteiger partial charge on any atom is -0.342 e. The lowest BCUT2D eigenvalue weighted by molar-refractivity contribution is -0.139. The summed E-state index contributed by atoms with van der Waals surface area (Å²) in [6, 6.07) is 3.77. The third-order valence-corrected chi connectivity index (χ3v) is 3.98. The molecule has 1 aliphatic rings. The van der Waals surface area contributed by atoms with E-state index < -0.39 is 11.4 Å². The van der Waals surface area contributed by atoms with E-state index in [0.717, 1.165) is 0 Å². The SMILES string of the molecule is CC1CC(=O)NC(C)(C)C(=O)N1Cc1cc(F)ccc1Cl. The molecule has 6 heteroatoms. The maximum atomic E-state index is 13.4. The van der Waals surface area contributed by atoms with Gasteiger partial charge < -0.3 is 10.2 Å². The predicted molar refractivity (Wildman–Crippen MR) is 78.3 cm³/mol. The number of amides is 2. The van der Waals surface area contributed by atoms with Crippen LogP contribution in [-0.2, 0) is 16.1 Å². The molecule has 4 nitrogen and oxygen atoms in total. The van der Waals surface area contributed by atoms with Crippen molar-refractivity contribution in [2.75, 3.05) is 0 Å². The highest BCUT2D eigenvalue weighted by Crippen LogP contribution is 2.24. The zero-order valence-corrected chi connectivity index (χ0v) is 13.0. The number of benzene rings is 1. The Kier molecular flexibility index (Phi) is 4.23. The molecular formula is C15H18ClFN2O2. The van der Waals surface area contributed by atoms with Gasteiger partial charge in [0.2, 0.25) is 11.8 Å². The van der Waals surface area contributed by atoms with Gasteiger partial charge in [-0.25, -0.2) is 4.39 Å². The Morgan fingerprint density at radius 3 is 2.76 bits per heavy atom. The summed E-state index contributed by atoms with van der Waals surface area (Å²) >= 11 is 6.06. The fourth-order valence-electron chi connectivity index (χ4n) is 2.47. The van der Waals surface area contributed by atoms with Crippen LogP contribution >= 0.6 is 11.6 Å². The van der Waals surface area contributed by atoms with Crippen LogP contribution in [0.2, 0.25) is 5.02 Å². The van der Waals surface area contributed by atoms with Crippen LogP contribution in [0.1, 0.15) is 32.8 Å². The molecule has 0 bridgehead atoms. The highest BCUT2D eigenvalue weighted by atomic mass is 35.5. The van der Waals surface area contributed by atoms with Crippen LogP contribution in [0.25, 0.3) is 0 Å². The molecular weight excluding hydrogens is 295 g/mol. The lowest BCUT2D eigenvalue weighted by Gasteiger charge is -2.32. The van der Waals surface area contributed by atoms with E-state index in [1.807, 2.05) is 0 Å². The van der Waals surface area contributed by atoms with E-state index in [1.54, 1.807) is 25.7 Å². The van der Waals surface area contributed by atoms with Crippen molar-refractivity contribution in [1.29, 1.82) is 0 Å². The molecule has 1 fully saturated rings. The number of carbonyl (C=O) groups excluding carboxylic acids is 2. The average molecular weight is 313 g/mol. The fourth-order valence-corrected chi connectivity index (χ4v) is 2.64. The first-order valence-corrected chi connectivity index (χ1v) is 7.14. The monoisotopic (exact) mass is 312 g/mol. The number of rotatable bonds is 2. The fraction of sp³-hybridized carbons (Fsp3) is 0.467. The molecule has 1 aromatic carbocycles. The first-order chi connectivity index (χ1) is 9.70. The minimum absolute atomic E-state index is 0.173. The molecule has 1 atom stereocenters. The Hall–Kier alpha value is -1.62. The normalized spacial score (nSPS) is 22.0. The highest BCUT2D eigenvalue weighted by molar-refractivity contribution is 6.31. The maximum Gasteiger partial charge on any atom is 0.248 e. The second-order valence-corrected chi connectivity index (χ2v) is 6.30. The lowest BCUT2D eigenvalue weighted by Crippen LogP contribution is -2.53. The second kappa shape index (κ2) is 5.64. The molecule has 0 saturated carbocycles. The molecule has 114 valence electrons. The summed E-state index contributed by atoms with van der Waals surface area (Å²) in [4.78, 5) is 26.0. The van der Waals surface area contributed by atoms with Crippen molar-refractivity contribution < 1.29 is 14.0 Å². The molecule has 1 unspecified atom stereocenters. The van der Waals surface area contributed by atoms with E-state index in [9.17, 15) is 14.0 Å². The topological polar surface area (TPSA) is 49.4 Å². The average Bonchev–Trinajstić information content (AvgIpc) is 2.43. The molecule has 1 aromatic rings. The molecule has 1 heterocycles. The number of nitrogens with one attached hydrogen (secondary N) is 1. The molecule has 0 aliphatic carbocycles. The Balaban J connectivity index is 2.33. The van der Waals surface area contributed by atoms with Gasteiger partial charge in [-0.05, 0) is 44.5 Å². The van der Waals surface area contributed by atoms with Crippen LogP contribution in [0.15, 0.2) is 18.2 Å². The number of halogens is 2. The van der Waals surface area contributed by atoms with Crippen LogP contribution in [-0.4, -0.2) is 28.3 Å². The van der Waals surface area contributed by atoms with Crippen molar-refractivity contribution in [2.45, 2.75) is 45.3 Å². The van der Waals surface area contributed by atoms with Crippen molar-refractivity contribution in [2.24, 2.45) is 0 Å².